The Morgan fingerprint density at radius 3 is 2.51 bits per heavy atom. The summed E-state index contributed by atoms with van der Waals surface area (Å²) in [6.45, 7) is 0. The van der Waals surface area contributed by atoms with Crippen molar-refractivity contribution in [3.05, 3.63) is 64.6 Å². The summed E-state index contributed by atoms with van der Waals surface area (Å²) in [5, 5.41) is 19.4. The predicted octanol–water partition coefficient (Wildman–Crippen LogP) is 3.10. The van der Waals surface area contributed by atoms with Crippen LogP contribution in [0.2, 0.25) is 0 Å². The number of rotatable bonds is 9. The molecule has 0 bridgehead atoms. The lowest BCUT2D eigenvalue weighted by molar-refractivity contribution is -0.116. The van der Waals surface area contributed by atoms with Crippen molar-refractivity contribution >= 4 is 56.5 Å². The van der Waals surface area contributed by atoms with Gasteiger partial charge in [0.25, 0.3) is 5.56 Å². The number of amides is 2. The Kier molecular flexibility index (Phi) is 7.73. The van der Waals surface area contributed by atoms with E-state index in [-0.39, 0.29) is 23.8 Å². The molecular weight excluding hydrogens is 488 g/mol. The van der Waals surface area contributed by atoms with E-state index in [9.17, 15) is 14.4 Å². The van der Waals surface area contributed by atoms with E-state index in [0.29, 0.717) is 43.8 Å². The summed E-state index contributed by atoms with van der Waals surface area (Å²) in [4.78, 5) is 37.0. The lowest BCUT2D eigenvalue weighted by Gasteiger charge is -2.07. The third-order valence-electron chi connectivity index (χ3n) is 4.94. The summed E-state index contributed by atoms with van der Waals surface area (Å²) in [7, 11) is 3.14. The van der Waals surface area contributed by atoms with Crippen LogP contribution in [-0.4, -0.2) is 44.7 Å². The van der Waals surface area contributed by atoms with Gasteiger partial charge in [0.2, 0.25) is 16.9 Å². The molecular formula is C23H22N6O4S2. The van der Waals surface area contributed by atoms with Gasteiger partial charge in [-0.1, -0.05) is 41.3 Å². The molecule has 0 saturated carbocycles. The van der Waals surface area contributed by atoms with Gasteiger partial charge in [-0.05, 0) is 30.3 Å². The molecule has 0 saturated heterocycles. The zero-order chi connectivity index (χ0) is 24.8. The first-order chi connectivity index (χ1) is 16.9. The number of aryl methyl sites for hydroxylation is 1. The minimum Gasteiger partial charge on any atom is -0.497 e. The van der Waals surface area contributed by atoms with Crippen LogP contribution < -0.4 is 20.9 Å². The van der Waals surface area contributed by atoms with E-state index in [1.807, 2.05) is 0 Å². The maximum atomic E-state index is 12.6. The number of carbonyl (C=O) groups excluding carboxylic acids is 2. The van der Waals surface area contributed by atoms with Crippen molar-refractivity contribution in [3.63, 3.8) is 0 Å². The van der Waals surface area contributed by atoms with Crippen molar-refractivity contribution < 1.29 is 14.3 Å². The SMILES string of the molecule is COc1ccc(NC(=O)CCSc2nnc(NC(=O)Cc3nn(C)c(=O)c4ccccc34)s2)cc1. The van der Waals surface area contributed by atoms with Crippen molar-refractivity contribution in [2.75, 3.05) is 23.5 Å². The van der Waals surface area contributed by atoms with Gasteiger partial charge < -0.3 is 15.4 Å². The van der Waals surface area contributed by atoms with Crippen molar-refractivity contribution in [3.8, 4) is 5.75 Å². The molecule has 180 valence electrons. The first-order valence-corrected chi connectivity index (χ1v) is 12.4. The molecule has 0 aliphatic carbocycles. The monoisotopic (exact) mass is 510 g/mol. The number of thioether (sulfide) groups is 1. The second-order valence-corrected chi connectivity index (χ2v) is 9.71. The molecule has 2 heterocycles. The van der Waals surface area contributed by atoms with E-state index in [1.165, 1.54) is 27.8 Å². The number of anilines is 2. The molecule has 2 aromatic heterocycles. The Morgan fingerprint density at radius 2 is 1.77 bits per heavy atom. The average molecular weight is 511 g/mol. The second-order valence-electron chi connectivity index (χ2n) is 7.39. The molecule has 0 fully saturated rings. The van der Waals surface area contributed by atoms with Crippen LogP contribution in [0, 0.1) is 0 Å². The van der Waals surface area contributed by atoms with Crippen molar-refractivity contribution in [1.82, 2.24) is 20.0 Å². The fourth-order valence-corrected chi connectivity index (χ4v) is 5.05. The van der Waals surface area contributed by atoms with Gasteiger partial charge >= 0.3 is 0 Å². The number of hydrogen-bond acceptors (Lipinski definition) is 9. The van der Waals surface area contributed by atoms with Crippen molar-refractivity contribution in [1.29, 1.82) is 0 Å². The molecule has 0 spiro atoms. The summed E-state index contributed by atoms with van der Waals surface area (Å²) in [5.74, 6) is 0.806. The summed E-state index contributed by atoms with van der Waals surface area (Å²) in [6.07, 6.45) is 0.283. The fourth-order valence-electron chi connectivity index (χ4n) is 3.27. The highest BCUT2D eigenvalue weighted by Gasteiger charge is 2.14. The molecule has 0 atom stereocenters. The highest BCUT2D eigenvalue weighted by molar-refractivity contribution is 8.01. The van der Waals surface area contributed by atoms with Crippen LogP contribution in [0.5, 0.6) is 5.75 Å². The first-order valence-electron chi connectivity index (χ1n) is 10.6. The lowest BCUT2D eigenvalue weighted by atomic mass is 10.1. The zero-order valence-electron chi connectivity index (χ0n) is 19.0. The fraction of sp³-hybridized carbons (Fsp3) is 0.217. The Labute approximate surface area is 208 Å². The highest BCUT2D eigenvalue weighted by Crippen LogP contribution is 2.26. The Balaban J connectivity index is 1.28. The van der Waals surface area contributed by atoms with E-state index in [2.05, 4.69) is 25.9 Å². The number of fused-ring (bicyclic) bond motifs is 1. The zero-order valence-corrected chi connectivity index (χ0v) is 20.6. The first kappa shape index (κ1) is 24.4. The number of nitrogens with zero attached hydrogens (tertiary/aromatic N) is 4. The van der Waals surface area contributed by atoms with Crippen LogP contribution in [0.25, 0.3) is 10.8 Å². The Bertz CT molecular complexity index is 1420. The molecule has 2 amide bonds. The van der Waals surface area contributed by atoms with Crippen LogP contribution in [0.1, 0.15) is 12.1 Å². The number of hydrogen-bond donors (Lipinski definition) is 2. The van der Waals surface area contributed by atoms with E-state index in [4.69, 9.17) is 4.74 Å². The van der Waals surface area contributed by atoms with Crippen LogP contribution in [0.15, 0.2) is 57.7 Å². The number of benzene rings is 2. The molecule has 4 rings (SSSR count). The predicted molar refractivity (Wildman–Crippen MR) is 136 cm³/mol. The maximum absolute atomic E-state index is 12.6. The summed E-state index contributed by atoms with van der Waals surface area (Å²) >= 11 is 2.61. The van der Waals surface area contributed by atoms with E-state index < -0.39 is 0 Å². The molecule has 0 aliphatic rings. The topological polar surface area (TPSA) is 128 Å². The van der Waals surface area contributed by atoms with Gasteiger partial charge in [0, 0.05) is 30.3 Å². The van der Waals surface area contributed by atoms with E-state index >= 15 is 0 Å². The number of methoxy groups -OCH3 is 1. The summed E-state index contributed by atoms with van der Waals surface area (Å²) in [6, 6.07) is 14.2. The second kappa shape index (κ2) is 11.1. The Hall–Kier alpha value is -3.77. The van der Waals surface area contributed by atoms with Gasteiger partial charge in [0.1, 0.15) is 5.75 Å². The highest BCUT2D eigenvalue weighted by atomic mass is 32.2. The smallest absolute Gasteiger partial charge is 0.274 e. The number of aromatic nitrogens is 4. The van der Waals surface area contributed by atoms with Crippen molar-refractivity contribution in [2.24, 2.45) is 7.05 Å². The largest absolute Gasteiger partial charge is 0.497 e. The maximum Gasteiger partial charge on any atom is 0.274 e. The number of ether oxygens (including phenoxy) is 1. The average Bonchev–Trinajstić information content (AvgIpc) is 3.29. The lowest BCUT2D eigenvalue weighted by Crippen LogP contribution is -2.24. The molecule has 0 aliphatic heterocycles. The molecule has 2 N–H and O–H groups in total. The number of carbonyl (C=O) groups is 2. The third-order valence-corrected chi connectivity index (χ3v) is 6.92. The van der Waals surface area contributed by atoms with E-state index in [0.717, 1.165) is 5.75 Å². The number of nitrogens with one attached hydrogen (secondary N) is 2. The van der Waals surface area contributed by atoms with Gasteiger partial charge in [0.05, 0.1) is 24.6 Å². The van der Waals surface area contributed by atoms with Crippen LogP contribution in [0.3, 0.4) is 0 Å². The molecule has 10 nitrogen and oxygen atoms in total. The standard InChI is InChI=1S/C23H22N6O4S2/c1-29-21(32)17-6-4-3-5-16(17)18(28-29)13-20(31)25-22-26-27-23(35-22)34-12-11-19(30)24-14-7-9-15(33-2)10-8-14/h3-10H,11-13H2,1-2H3,(H,24,30)(H,25,26,31). The summed E-state index contributed by atoms with van der Waals surface area (Å²) in [5.41, 5.74) is 0.984. The van der Waals surface area contributed by atoms with Crippen molar-refractivity contribution in [2.45, 2.75) is 17.2 Å². The molecule has 12 heteroatoms. The van der Waals surface area contributed by atoms with Gasteiger partial charge in [-0.15, -0.1) is 10.2 Å². The van der Waals surface area contributed by atoms with Gasteiger partial charge in [0.15, 0.2) is 4.34 Å². The van der Waals surface area contributed by atoms with Gasteiger partial charge in [-0.2, -0.15) is 5.10 Å². The van der Waals surface area contributed by atoms with Gasteiger partial charge in [-0.3, -0.25) is 14.4 Å². The molecule has 35 heavy (non-hydrogen) atoms. The molecule has 2 aromatic carbocycles. The normalized spacial score (nSPS) is 10.8. The molecule has 0 unspecified atom stereocenters. The third kappa shape index (κ3) is 6.22. The summed E-state index contributed by atoms with van der Waals surface area (Å²) < 4.78 is 6.97. The van der Waals surface area contributed by atoms with Crippen LogP contribution in [-0.2, 0) is 23.1 Å². The quantitative estimate of drug-likeness (QED) is 0.260. The molecule has 0 radical (unpaired) electrons. The van der Waals surface area contributed by atoms with Crippen LogP contribution >= 0.6 is 23.1 Å². The Morgan fingerprint density at radius 1 is 1.03 bits per heavy atom. The molecule has 4 aromatic rings. The van der Waals surface area contributed by atoms with Gasteiger partial charge in [-0.25, -0.2) is 4.68 Å². The van der Waals surface area contributed by atoms with Crippen LogP contribution in [0.4, 0.5) is 10.8 Å². The minimum absolute atomic E-state index is 0.0117. The van der Waals surface area contributed by atoms with E-state index in [1.54, 1.807) is 62.7 Å². The minimum atomic E-state index is -0.312.